The van der Waals surface area contributed by atoms with Gasteiger partial charge in [-0.15, -0.1) is 0 Å². The maximum atomic E-state index is 9.11. The predicted octanol–water partition coefficient (Wildman–Crippen LogP) is 1.24. The summed E-state index contributed by atoms with van der Waals surface area (Å²) in [5.74, 6) is 1.72. The van der Waals surface area contributed by atoms with Gasteiger partial charge in [0.15, 0.2) is 0 Å². The standard InChI is InChI=1S/C11H25NO2S/c1-3-10(12-4-2)6-5-7-15-9-11(14)8-13/h10-14H,3-9H2,1-2H3. The van der Waals surface area contributed by atoms with Gasteiger partial charge in [-0.3, -0.25) is 0 Å². The Hall–Kier alpha value is 0.230. The molecule has 0 rings (SSSR count). The first-order valence-electron chi connectivity index (χ1n) is 5.84. The molecule has 0 saturated heterocycles. The van der Waals surface area contributed by atoms with Crippen LogP contribution in [0.25, 0.3) is 0 Å². The summed E-state index contributed by atoms with van der Waals surface area (Å²) in [5.41, 5.74) is 0. The highest BCUT2D eigenvalue weighted by atomic mass is 32.2. The van der Waals surface area contributed by atoms with Crippen molar-refractivity contribution in [3.63, 3.8) is 0 Å². The molecule has 0 aliphatic carbocycles. The molecule has 3 N–H and O–H groups in total. The fourth-order valence-corrected chi connectivity index (χ4v) is 2.36. The molecule has 0 radical (unpaired) electrons. The second-order valence-electron chi connectivity index (χ2n) is 3.72. The van der Waals surface area contributed by atoms with Gasteiger partial charge in [0, 0.05) is 11.8 Å². The Morgan fingerprint density at radius 3 is 2.60 bits per heavy atom. The lowest BCUT2D eigenvalue weighted by molar-refractivity contribution is 0.113. The van der Waals surface area contributed by atoms with Gasteiger partial charge in [0.25, 0.3) is 0 Å². The molecule has 0 saturated carbocycles. The summed E-state index contributed by atoms with van der Waals surface area (Å²) in [6.45, 7) is 5.25. The molecule has 0 aliphatic heterocycles. The van der Waals surface area contributed by atoms with Crippen molar-refractivity contribution in [1.29, 1.82) is 0 Å². The summed E-state index contributed by atoms with van der Waals surface area (Å²) in [5, 5.41) is 21.2. The number of aliphatic hydroxyl groups is 2. The first-order chi connectivity index (χ1) is 7.24. The third kappa shape index (κ3) is 9.18. The maximum Gasteiger partial charge on any atom is 0.0861 e. The smallest absolute Gasteiger partial charge is 0.0861 e. The van der Waals surface area contributed by atoms with Crippen LogP contribution in [0.1, 0.15) is 33.1 Å². The summed E-state index contributed by atoms with van der Waals surface area (Å²) in [4.78, 5) is 0. The van der Waals surface area contributed by atoms with E-state index in [-0.39, 0.29) is 6.61 Å². The van der Waals surface area contributed by atoms with E-state index in [1.165, 1.54) is 19.3 Å². The molecule has 4 heteroatoms. The van der Waals surface area contributed by atoms with Crippen LogP contribution >= 0.6 is 11.8 Å². The van der Waals surface area contributed by atoms with E-state index in [9.17, 15) is 0 Å². The summed E-state index contributed by atoms with van der Waals surface area (Å²) in [6, 6.07) is 0.637. The van der Waals surface area contributed by atoms with Crippen molar-refractivity contribution in [3.8, 4) is 0 Å². The van der Waals surface area contributed by atoms with Crippen molar-refractivity contribution >= 4 is 11.8 Å². The summed E-state index contributed by atoms with van der Waals surface area (Å²) < 4.78 is 0. The summed E-state index contributed by atoms with van der Waals surface area (Å²) >= 11 is 1.72. The molecule has 0 bridgehead atoms. The molecule has 0 aromatic heterocycles. The van der Waals surface area contributed by atoms with Crippen LogP contribution in [0.4, 0.5) is 0 Å². The molecule has 0 amide bonds. The van der Waals surface area contributed by atoms with Crippen LogP contribution in [0.5, 0.6) is 0 Å². The van der Waals surface area contributed by atoms with Crippen molar-refractivity contribution in [2.45, 2.75) is 45.3 Å². The average Bonchev–Trinajstić information content (AvgIpc) is 2.26. The molecule has 2 unspecified atom stereocenters. The SMILES string of the molecule is CCNC(CC)CCCSCC(O)CO. The molecular weight excluding hydrogens is 210 g/mol. The Bertz CT molecular complexity index is 136. The number of nitrogens with one attached hydrogen (secondary N) is 1. The highest BCUT2D eigenvalue weighted by molar-refractivity contribution is 7.99. The fraction of sp³-hybridized carbons (Fsp3) is 1.00. The second kappa shape index (κ2) is 10.7. The third-order valence-corrected chi connectivity index (χ3v) is 3.55. The highest BCUT2D eigenvalue weighted by Gasteiger charge is 2.04. The minimum absolute atomic E-state index is 0.123. The normalized spacial score (nSPS) is 15.2. The van der Waals surface area contributed by atoms with E-state index < -0.39 is 6.10 Å². The van der Waals surface area contributed by atoms with E-state index in [1.54, 1.807) is 11.8 Å². The van der Waals surface area contributed by atoms with E-state index in [0.29, 0.717) is 11.8 Å². The molecule has 2 atom stereocenters. The van der Waals surface area contributed by atoms with Gasteiger partial charge in [-0.25, -0.2) is 0 Å². The number of hydrogen-bond donors (Lipinski definition) is 3. The van der Waals surface area contributed by atoms with Crippen LogP contribution in [-0.4, -0.2) is 47.0 Å². The van der Waals surface area contributed by atoms with E-state index in [4.69, 9.17) is 10.2 Å². The molecule has 0 aromatic carbocycles. The predicted molar refractivity (Wildman–Crippen MR) is 67.4 cm³/mol. The van der Waals surface area contributed by atoms with Gasteiger partial charge in [-0.2, -0.15) is 11.8 Å². The van der Waals surface area contributed by atoms with Crippen LogP contribution in [0.15, 0.2) is 0 Å². The number of hydrogen-bond acceptors (Lipinski definition) is 4. The lowest BCUT2D eigenvalue weighted by Gasteiger charge is -2.15. The molecule has 3 nitrogen and oxygen atoms in total. The Labute approximate surface area is 97.7 Å². The topological polar surface area (TPSA) is 52.5 Å². The van der Waals surface area contributed by atoms with Gasteiger partial charge in [0.1, 0.15) is 0 Å². The van der Waals surface area contributed by atoms with E-state index in [1.807, 2.05) is 0 Å². The van der Waals surface area contributed by atoms with Gasteiger partial charge >= 0.3 is 0 Å². The van der Waals surface area contributed by atoms with Crippen LogP contribution in [0, 0.1) is 0 Å². The zero-order chi connectivity index (χ0) is 11.5. The molecule has 92 valence electrons. The molecule has 0 heterocycles. The Balaban J connectivity index is 3.28. The lowest BCUT2D eigenvalue weighted by Crippen LogP contribution is -2.28. The van der Waals surface area contributed by atoms with Crippen LogP contribution < -0.4 is 5.32 Å². The molecule has 0 fully saturated rings. The Morgan fingerprint density at radius 1 is 1.33 bits per heavy atom. The Morgan fingerprint density at radius 2 is 2.07 bits per heavy atom. The van der Waals surface area contributed by atoms with Crippen molar-refractivity contribution in [1.82, 2.24) is 5.32 Å². The van der Waals surface area contributed by atoms with Gasteiger partial charge < -0.3 is 15.5 Å². The van der Waals surface area contributed by atoms with Crippen molar-refractivity contribution in [2.75, 3.05) is 24.7 Å². The van der Waals surface area contributed by atoms with E-state index >= 15 is 0 Å². The van der Waals surface area contributed by atoms with E-state index in [2.05, 4.69) is 19.2 Å². The molecule has 0 spiro atoms. The van der Waals surface area contributed by atoms with E-state index in [0.717, 1.165) is 12.3 Å². The molecule has 15 heavy (non-hydrogen) atoms. The van der Waals surface area contributed by atoms with Crippen molar-refractivity contribution in [3.05, 3.63) is 0 Å². The molecular formula is C11H25NO2S. The highest BCUT2D eigenvalue weighted by Crippen LogP contribution is 2.09. The molecule has 0 aliphatic rings. The van der Waals surface area contributed by atoms with Gasteiger partial charge in [0.05, 0.1) is 12.7 Å². The largest absolute Gasteiger partial charge is 0.394 e. The first-order valence-corrected chi connectivity index (χ1v) is 7.00. The molecule has 0 aromatic rings. The minimum Gasteiger partial charge on any atom is -0.394 e. The fourth-order valence-electron chi connectivity index (χ4n) is 1.44. The van der Waals surface area contributed by atoms with Gasteiger partial charge in [-0.05, 0) is 31.6 Å². The zero-order valence-corrected chi connectivity index (χ0v) is 10.7. The third-order valence-electron chi connectivity index (χ3n) is 2.35. The monoisotopic (exact) mass is 235 g/mol. The number of rotatable bonds is 10. The van der Waals surface area contributed by atoms with Crippen molar-refractivity contribution < 1.29 is 10.2 Å². The summed E-state index contributed by atoms with van der Waals surface area (Å²) in [7, 11) is 0. The maximum absolute atomic E-state index is 9.11. The lowest BCUT2D eigenvalue weighted by atomic mass is 10.1. The van der Waals surface area contributed by atoms with Crippen LogP contribution in [0.2, 0.25) is 0 Å². The first kappa shape index (κ1) is 15.2. The van der Waals surface area contributed by atoms with Gasteiger partial charge in [-0.1, -0.05) is 13.8 Å². The number of aliphatic hydroxyl groups excluding tert-OH is 2. The minimum atomic E-state index is -0.550. The average molecular weight is 235 g/mol. The van der Waals surface area contributed by atoms with Crippen LogP contribution in [-0.2, 0) is 0 Å². The van der Waals surface area contributed by atoms with Crippen molar-refractivity contribution in [2.24, 2.45) is 0 Å². The quantitative estimate of drug-likeness (QED) is 0.499. The number of thioether (sulfide) groups is 1. The zero-order valence-electron chi connectivity index (χ0n) is 9.91. The van der Waals surface area contributed by atoms with Crippen LogP contribution in [0.3, 0.4) is 0 Å². The second-order valence-corrected chi connectivity index (χ2v) is 4.87. The Kier molecular flexibility index (Phi) is 10.9. The summed E-state index contributed by atoms with van der Waals surface area (Å²) in [6.07, 6.45) is 3.00. The van der Waals surface area contributed by atoms with Gasteiger partial charge in [0.2, 0.25) is 0 Å².